The first-order valence-electron chi connectivity index (χ1n) is 5.10. The van der Waals surface area contributed by atoms with Gasteiger partial charge in [-0.1, -0.05) is 67.3 Å². The van der Waals surface area contributed by atoms with Gasteiger partial charge in [0.05, 0.1) is 0 Å². The van der Waals surface area contributed by atoms with E-state index in [-0.39, 0.29) is 0 Å². The summed E-state index contributed by atoms with van der Waals surface area (Å²) in [7, 11) is 0. The van der Waals surface area contributed by atoms with E-state index in [0.717, 1.165) is 8.95 Å². The first-order valence-corrected chi connectivity index (χ1v) is 6.69. The minimum atomic E-state index is 1.12. The van der Waals surface area contributed by atoms with Crippen LogP contribution in [-0.2, 0) is 0 Å². The minimum absolute atomic E-state index is 1.12. The van der Waals surface area contributed by atoms with Crippen LogP contribution in [0.5, 0.6) is 0 Å². The highest BCUT2D eigenvalue weighted by atomic mass is 79.9. The molecule has 0 nitrogen and oxygen atoms in total. The lowest BCUT2D eigenvalue weighted by Crippen LogP contribution is -1.85. The summed E-state index contributed by atoms with van der Waals surface area (Å²) in [5, 5.41) is 0. The SMILES string of the molecule is Cc1cc(C)cc(-c2c(Br)cccc2Br)c1. The Morgan fingerprint density at radius 2 is 1.31 bits per heavy atom. The summed E-state index contributed by atoms with van der Waals surface area (Å²) in [6.45, 7) is 4.25. The Bertz CT molecular complexity index is 490. The van der Waals surface area contributed by atoms with Gasteiger partial charge >= 0.3 is 0 Å². The molecule has 0 unspecified atom stereocenters. The highest BCUT2D eigenvalue weighted by Gasteiger charge is 2.07. The summed E-state index contributed by atoms with van der Waals surface area (Å²) >= 11 is 7.21. The first kappa shape index (κ1) is 11.9. The van der Waals surface area contributed by atoms with Gasteiger partial charge < -0.3 is 0 Å². The van der Waals surface area contributed by atoms with E-state index in [0.29, 0.717) is 0 Å². The number of hydrogen-bond acceptors (Lipinski definition) is 0. The van der Waals surface area contributed by atoms with E-state index in [1.54, 1.807) is 0 Å². The molecule has 2 aromatic rings. The molecule has 0 heterocycles. The second-order valence-corrected chi connectivity index (χ2v) is 5.68. The fourth-order valence-corrected chi connectivity index (χ4v) is 3.35. The van der Waals surface area contributed by atoms with E-state index in [1.807, 2.05) is 6.07 Å². The number of halogens is 2. The molecule has 0 aliphatic carbocycles. The number of aryl methyl sites for hydroxylation is 2. The van der Waals surface area contributed by atoms with Crippen LogP contribution in [0.3, 0.4) is 0 Å². The van der Waals surface area contributed by atoms with Gasteiger partial charge in [-0.25, -0.2) is 0 Å². The number of hydrogen-bond donors (Lipinski definition) is 0. The third-order valence-electron chi connectivity index (χ3n) is 2.47. The largest absolute Gasteiger partial charge is 0.0600 e. The molecule has 0 radical (unpaired) electrons. The molecule has 0 saturated carbocycles. The number of rotatable bonds is 1. The average molecular weight is 340 g/mol. The van der Waals surface area contributed by atoms with Gasteiger partial charge in [-0.05, 0) is 31.5 Å². The molecule has 0 bridgehead atoms. The fourth-order valence-electron chi connectivity index (χ4n) is 1.89. The van der Waals surface area contributed by atoms with Gasteiger partial charge in [-0.3, -0.25) is 0 Å². The molecular weight excluding hydrogens is 328 g/mol. The van der Waals surface area contributed by atoms with Crippen LogP contribution in [0.2, 0.25) is 0 Å². The summed E-state index contributed by atoms with van der Waals surface area (Å²) in [5.41, 5.74) is 5.04. The van der Waals surface area contributed by atoms with Crippen molar-refractivity contribution in [1.29, 1.82) is 0 Å². The van der Waals surface area contributed by atoms with Crippen molar-refractivity contribution in [3.63, 3.8) is 0 Å². The Morgan fingerprint density at radius 3 is 1.81 bits per heavy atom. The van der Waals surface area contributed by atoms with Crippen LogP contribution in [-0.4, -0.2) is 0 Å². The van der Waals surface area contributed by atoms with Crippen molar-refractivity contribution in [1.82, 2.24) is 0 Å². The Hall–Kier alpha value is -0.600. The molecule has 0 atom stereocenters. The molecule has 0 aliphatic heterocycles. The Kier molecular flexibility index (Phi) is 3.50. The molecule has 0 fully saturated rings. The summed E-state index contributed by atoms with van der Waals surface area (Å²) in [4.78, 5) is 0. The zero-order chi connectivity index (χ0) is 11.7. The standard InChI is InChI=1S/C14H12Br2/c1-9-6-10(2)8-11(7-9)14-12(15)4-3-5-13(14)16/h3-8H,1-2H3. The second-order valence-electron chi connectivity index (χ2n) is 3.97. The van der Waals surface area contributed by atoms with Crippen LogP contribution in [0.1, 0.15) is 11.1 Å². The summed E-state index contributed by atoms with van der Waals surface area (Å²) in [5.74, 6) is 0. The van der Waals surface area contributed by atoms with E-state index in [9.17, 15) is 0 Å². The lowest BCUT2D eigenvalue weighted by Gasteiger charge is -2.09. The molecule has 0 aromatic heterocycles. The molecule has 2 heteroatoms. The van der Waals surface area contributed by atoms with E-state index in [2.05, 4.69) is 76.0 Å². The average Bonchev–Trinajstić information content (AvgIpc) is 2.15. The van der Waals surface area contributed by atoms with Crippen molar-refractivity contribution in [2.75, 3.05) is 0 Å². The summed E-state index contributed by atoms with van der Waals surface area (Å²) < 4.78 is 2.23. The van der Waals surface area contributed by atoms with Gasteiger partial charge in [0.15, 0.2) is 0 Å². The van der Waals surface area contributed by atoms with Crippen LogP contribution in [0.4, 0.5) is 0 Å². The summed E-state index contributed by atoms with van der Waals surface area (Å²) in [6, 6.07) is 12.8. The third kappa shape index (κ3) is 2.38. The van der Waals surface area contributed by atoms with Crippen LogP contribution >= 0.6 is 31.9 Å². The lowest BCUT2D eigenvalue weighted by molar-refractivity contribution is 1.38. The van der Waals surface area contributed by atoms with E-state index < -0.39 is 0 Å². The quantitative estimate of drug-likeness (QED) is 0.644. The van der Waals surface area contributed by atoms with Crippen LogP contribution < -0.4 is 0 Å². The van der Waals surface area contributed by atoms with Crippen molar-refractivity contribution in [3.05, 3.63) is 56.5 Å². The van der Waals surface area contributed by atoms with Crippen molar-refractivity contribution >= 4 is 31.9 Å². The smallest absolute Gasteiger partial charge is 0.0265 e. The Balaban J connectivity index is 2.67. The molecule has 0 saturated heterocycles. The molecular formula is C14H12Br2. The van der Waals surface area contributed by atoms with Crippen LogP contribution in [0.25, 0.3) is 11.1 Å². The van der Waals surface area contributed by atoms with Crippen molar-refractivity contribution in [2.45, 2.75) is 13.8 Å². The van der Waals surface area contributed by atoms with Crippen molar-refractivity contribution < 1.29 is 0 Å². The summed E-state index contributed by atoms with van der Waals surface area (Å²) in [6.07, 6.45) is 0. The maximum absolute atomic E-state index is 3.60. The van der Waals surface area contributed by atoms with Gasteiger partial charge in [0.25, 0.3) is 0 Å². The predicted molar refractivity (Wildman–Crippen MR) is 76.8 cm³/mol. The topological polar surface area (TPSA) is 0 Å². The van der Waals surface area contributed by atoms with Gasteiger partial charge in [0.1, 0.15) is 0 Å². The molecule has 16 heavy (non-hydrogen) atoms. The monoisotopic (exact) mass is 338 g/mol. The molecule has 0 amide bonds. The molecule has 2 rings (SSSR count). The number of benzene rings is 2. The Morgan fingerprint density at radius 1 is 0.812 bits per heavy atom. The van der Waals surface area contributed by atoms with Gasteiger partial charge in [-0.2, -0.15) is 0 Å². The fraction of sp³-hybridized carbons (Fsp3) is 0.143. The van der Waals surface area contributed by atoms with Crippen LogP contribution in [0, 0.1) is 13.8 Å². The maximum atomic E-state index is 3.60. The molecule has 0 aliphatic rings. The zero-order valence-electron chi connectivity index (χ0n) is 9.22. The van der Waals surface area contributed by atoms with Gasteiger partial charge in [0.2, 0.25) is 0 Å². The van der Waals surface area contributed by atoms with E-state index >= 15 is 0 Å². The lowest BCUT2D eigenvalue weighted by atomic mass is 10.0. The van der Waals surface area contributed by atoms with Crippen molar-refractivity contribution in [3.8, 4) is 11.1 Å². The first-order chi connectivity index (χ1) is 7.58. The van der Waals surface area contributed by atoms with Crippen LogP contribution in [0.15, 0.2) is 45.3 Å². The third-order valence-corrected chi connectivity index (χ3v) is 3.79. The van der Waals surface area contributed by atoms with E-state index in [1.165, 1.54) is 22.3 Å². The predicted octanol–water partition coefficient (Wildman–Crippen LogP) is 5.50. The highest BCUT2D eigenvalue weighted by molar-refractivity contribution is 9.11. The zero-order valence-corrected chi connectivity index (χ0v) is 12.4. The van der Waals surface area contributed by atoms with Gasteiger partial charge in [0, 0.05) is 14.5 Å². The Labute approximate surface area is 113 Å². The molecule has 2 aromatic carbocycles. The molecule has 82 valence electrons. The minimum Gasteiger partial charge on any atom is -0.0600 e. The normalized spacial score (nSPS) is 10.5. The second kappa shape index (κ2) is 4.72. The maximum Gasteiger partial charge on any atom is 0.0265 e. The highest BCUT2D eigenvalue weighted by Crippen LogP contribution is 2.35. The van der Waals surface area contributed by atoms with Gasteiger partial charge in [-0.15, -0.1) is 0 Å². The molecule has 0 N–H and O–H groups in total. The van der Waals surface area contributed by atoms with E-state index in [4.69, 9.17) is 0 Å². The molecule has 0 spiro atoms. The van der Waals surface area contributed by atoms with Crippen molar-refractivity contribution in [2.24, 2.45) is 0 Å².